The fourth-order valence-electron chi connectivity index (χ4n) is 1.97. The molecule has 0 aliphatic rings. The van der Waals surface area contributed by atoms with Gasteiger partial charge < -0.3 is 15.8 Å². The fraction of sp³-hybridized carbons (Fsp3) is 0.500. The molecule has 3 N–H and O–H groups in total. The number of carbonyl (C=O) groups is 2. The Kier molecular flexibility index (Phi) is 9.45. The molecule has 0 fully saturated rings. The van der Waals surface area contributed by atoms with E-state index in [9.17, 15) is 9.59 Å². The van der Waals surface area contributed by atoms with Gasteiger partial charge in [-0.05, 0) is 11.5 Å². The van der Waals surface area contributed by atoms with Crippen molar-refractivity contribution in [1.82, 2.24) is 5.32 Å². The lowest BCUT2D eigenvalue weighted by Gasteiger charge is -2.22. The molecule has 0 aliphatic heterocycles. The lowest BCUT2D eigenvalue weighted by molar-refractivity contribution is -0.145. The van der Waals surface area contributed by atoms with Gasteiger partial charge in [0.25, 0.3) is 0 Å². The van der Waals surface area contributed by atoms with Crippen molar-refractivity contribution in [3.63, 3.8) is 0 Å². The second-order valence-corrected chi connectivity index (χ2v) is 5.19. The highest BCUT2D eigenvalue weighted by Gasteiger charge is 2.26. The summed E-state index contributed by atoms with van der Waals surface area (Å²) in [6, 6.07) is 8.12. The maximum atomic E-state index is 12.1. The van der Waals surface area contributed by atoms with Gasteiger partial charge in [-0.1, -0.05) is 50.6 Å². The number of methoxy groups -OCH3 is 1. The molecular formula is C16H25ClN2O3. The van der Waals surface area contributed by atoms with E-state index in [2.05, 4.69) is 5.32 Å². The van der Waals surface area contributed by atoms with E-state index < -0.39 is 18.1 Å². The minimum absolute atomic E-state index is 0. The Hall–Kier alpha value is -1.59. The number of carbonyl (C=O) groups excluding carboxylic acids is 2. The van der Waals surface area contributed by atoms with Gasteiger partial charge in [0.2, 0.25) is 5.91 Å². The number of nitrogens with one attached hydrogen (secondary N) is 1. The summed E-state index contributed by atoms with van der Waals surface area (Å²) < 4.78 is 4.76. The van der Waals surface area contributed by atoms with Crippen LogP contribution in [0.15, 0.2) is 30.3 Å². The van der Waals surface area contributed by atoms with E-state index in [1.54, 1.807) is 0 Å². The molecule has 22 heavy (non-hydrogen) atoms. The largest absolute Gasteiger partial charge is 0.467 e. The van der Waals surface area contributed by atoms with Gasteiger partial charge in [0, 0.05) is 6.42 Å². The van der Waals surface area contributed by atoms with Crippen molar-refractivity contribution in [3.8, 4) is 0 Å². The molecular weight excluding hydrogens is 304 g/mol. The second-order valence-electron chi connectivity index (χ2n) is 5.19. The first-order valence-electron chi connectivity index (χ1n) is 7.17. The number of hydrogen-bond acceptors (Lipinski definition) is 4. The lowest BCUT2D eigenvalue weighted by Crippen LogP contribution is -2.51. The van der Waals surface area contributed by atoms with Crippen LogP contribution in [0.1, 0.15) is 25.8 Å². The van der Waals surface area contributed by atoms with Crippen molar-refractivity contribution in [3.05, 3.63) is 35.9 Å². The van der Waals surface area contributed by atoms with E-state index in [1.807, 2.05) is 44.2 Å². The summed E-state index contributed by atoms with van der Waals surface area (Å²) in [5.41, 5.74) is 6.84. The summed E-state index contributed by atoms with van der Waals surface area (Å²) >= 11 is 0. The predicted octanol–water partition coefficient (Wildman–Crippen LogP) is 1.68. The predicted molar refractivity (Wildman–Crippen MR) is 88.8 cm³/mol. The minimum Gasteiger partial charge on any atom is -0.467 e. The van der Waals surface area contributed by atoms with Gasteiger partial charge in [0.05, 0.1) is 13.2 Å². The SMILES string of the molecule is CCC(C)[C@H](N)C(=O)N[C@@H](Cc1ccccc1)C(=O)OC.Cl. The normalized spacial score (nSPS) is 14.2. The van der Waals surface area contributed by atoms with Gasteiger partial charge in [-0.25, -0.2) is 4.79 Å². The van der Waals surface area contributed by atoms with Crippen molar-refractivity contribution in [2.45, 2.75) is 38.8 Å². The molecule has 0 saturated heterocycles. The first kappa shape index (κ1) is 20.4. The quantitative estimate of drug-likeness (QED) is 0.746. The highest BCUT2D eigenvalue weighted by Crippen LogP contribution is 2.08. The van der Waals surface area contributed by atoms with Crippen molar-refractivity contribution in [2.75, 3.05) is 7.11 Å². The molecule has 0 aromatic heterocycles. The Morgan fingerprint density at radius 2 is 1.86 bits per heavy atom. The smallest absolute Gasteiger partial charge is 0.328 e. The molecule has 0 heterocycles. The second kappa shape index (κ2) is 10.2. The minimum atomic E-state index is -0.722. The summed E-state index contributed by atoms with van der Waals surface area (Å²) in [6.45, 7) is 3.88. The maximum absolute atomic E-state index is 12.1. The van der Waals surface area contributed by atoms with Crippen LogP contribution in [0.25, 0.3) is 0 Å². The van der Waals surface area contributed by atoms with E-state index >= 15 is 0 Å². The number of benzene rings is 1. The average Bonchev–Trinajstić information content (AvgIpc) is 2.52. The molecule has 5 nitrogen and oxygen atoms in total. The molecule has 0 saturated carbocycles. The van der Waals surface area contributed by atoms with Gasteiger partial charge in [0.1, 0.15) is 6.04 Å². The number of esters is 1. The van der Waals surface area contributed by atoms with Crippen LogP contribution in [0.3, 0.4) is 0 Å². The third-order valence-corrected chi connectivity index (χ3v) is 3.64. The Morgan fingerprint density at radius 3 is 2.36 bits per heavy atom. The van der Waals surface area contributed by atoms with Crippen molar-refractivity contribution < 1.29 is 14.3 Å². The van der Waals surface area contributed by atoms with Gasteiger partial charge in [0.15, 0.2) is 0 Å². The summed E-state index contributed by atoms with van der Waals surface area (Å²) in [4.78, 5) is 24.0. The van der Waals surface area contributed by atoms with Crippen LogP contribution in [0.4, 0.5) is 0 Å². The van der Waals surface area contributed by atoms with Crippen LogP contribution >= 0.6 is 12.4 Å². The van der Waals surface area contributed by atoms with Crippen LogP contribution < -0.4 is 11.1 Å². The van der Waals surface area contributed by atoms with Crippen molar-refractivity contribution >= 4 is 24.3 Å². The molecule has 0 aliphatic carbocycles. The Morgan fingerprint density at radius 1 is 1.27 bits per heavy atom. The zero-order valence-electron chi connectivity index (χ0n) is 13.2. The molecule has 1 unspecified atom stereocenters. The average molecular weight is 329 g/mol. The van der Waals surface area contributed by atoms with E-state index in [4.69, 9.17) is 10.5 Å². The van der Waals surface area contributed by atoms with Gasteiger partial charge in [-0.2, -0.15) is 0 Å². The third kappa shape index (κ3) is 6.03. The van der Waals surface area contributed by atoms with Gasteiger partial charge >= 0.3 is 5.97 Å². The van der Waals surface area contributed by atoms with Crippen LogP contribution in [-0.4, -0.2) is 31.1 Å². The standard InChI is InChI=1S/C16H24N2O3.ClH/c1-4-11(2)14(17)15(19)18-13(16(20)21-3)10-12-8-6-5-7-9-12;/h5-9,11,13-14H,4,10,17H2,1-3H3,(H,18,19);1H/t11?,13-,14-;/m0./s1. The van der Waals surface area contributed by atoms with Gasteiger partial charge in [-0.3, -0.25) is 4.79 Å². The molecule has 124 valence electrons. The lowest BCUT2D eigenvalue weighted by atomic mass is 9.98. The van der Waals surface area contributed by atoms with Crippen molar-refractivity contribution in [1.29, 1.82) is 0 Å². The summed E-state index contributed by atoms with van der Waals surface area (Å²) in [6.07, 6.45) is 1.18. The van der Waals surface area contributed by atoms with E-state index in [0.29, 0.717) is 6.42 Å². The summed E-state index contributed by atoms with van der Waals surface area (Å²) in [7, 11) is 1.31. The molecule has 0 bridgehead atoms. The molecule has 6 heteroatoms. The highest BCUT2D eigenvalue weighted by atomic mass is 35.5. The summed E-state index contributed by atoms with van der Waals surface area (Å²) in [5, 5.41) is 2.69. The molecule has 1 amide bonds. The van der Waals surface area contributed by atoms with Crippen LogP contribution in [0.2, 0.25) is 0 Å². The first-order chi connectivity index (χ1) is 9.99. The van der Waals surface area contributed by atoms with E-state index in [1.165, 1.54) is 7.11 Å². The monoisotopic (exact) mass is 328 g/mol. The van der Waals surface area contributed by atoms with Crippen molar-refractivity contribution in [2.24, 2.45) is 11.7 Å². The number of hydrogen-bond donors (Lipinski definition) is 2. The molecule has 1 aromatic rings. The van der Waals surface area contributed by atoms with Crippen LogP contribution in [-0.2, 0) is 20.7 Å². The molecule has 1 aromatic carbocycles. The summed E-state index contributed by atoms with van der Waals surface area (Å²) in [5.74, 6) is -0.737. The number of rotatable bonds is 7. The van der Waals surface area contributed by atoms with Crippen LogP contribution in [0, 0.1) is 5.92 Å². The Balaban J connectivity index is 0.00000441. The number of ether oxygens (including phenoxy) is 1. The number of nitrogens with two attached hydrogens (primary N) is 1. The third-order valence-electron chi connectivity index (χ3n) is 3.64. The Labute approximate surface area is 138 Å². The number of amides is 1. The zero-order chi connectivity index (χ0) is 15.8. The van der Waals surface area contributed by atoms with Crippen LogP contribution in [0.5, 0.6) is 0 Å². The van der Waals surface area contributed by atoms with E-state index in [0.717, 1.165) is 12.0 Å². The number of halogens is 1. The first-order valence-corrected chi connectivity index (χ1v) is 7.17. The highest BCUT2D eigenvalue weighted by molar-refractivity contribution is 5.87. The van der Waals surface area contributed by atoms with Gasteiger partial charge in [-0.15, -0.1) is 12.4 Å². The molecule has 0 spiro atoms. The fourth-order valence-corrected chi connectivity index (χ4v) is 1.97. The topological polar surface area (TPSA) is 81.4 Å². The molecule has 0 radical (unpaired) electrons. The maximum Gasteiger partial charge on any atom is 0.328 e. The van der Waals surface area contributed by atoms with E-state index in [-0.39, 0.29) is 24.2 Å². The molecule has 1 rings (SSSR count). The Bertz CT molecular complexity index is 468. The zero-order valence-corrected chi connectivity index (χ0v) is 14.1. The molecule has 3 atom stereocenters.